The second kappa shape index (κ2) is 12.9. The minimum atomic E-state index is 0.00793. The standard InChI is InChI=1S/C32H37N5O4/c1-4-40-27-19-25-26(20-28(27)41-5-2)35-32(39)30(25)31(22-9-7-6-8-10-22)34-23-11-13-24(14-12-23)36(3)29(38)21-37-17-15-33-16-18-37/h6-14,19-20,33,35,39H,4-5,15-18,21H2,1-3H3. The van der Waals surface area contributed by atoms with Gasteiger partial charge >= 0.3 is 0 Å². The number of aromatic nitrogens is 1. The Bertz CT molecular complexity index is 1510. The highest BCUT2D eigenvalue weighted by Crippen LogP contribution is 2.38. The first kappa shape index (κ1) is 28.2. The fourth-order valence-electron chi connectivity index (χ4n) is 5.02. The quantitative estimate of drug-likeness (QED) is 0.245. The molecule has 0 aliphatic carbocycles. The Balaban J connectivity index is 1.50. The number of piperazine rings is 1. The third-order valence-electron chi connectivity index (χ3n) is 7.15. The summed E-state index contributed by atoms with van der Waals surface area (Å²) in [5.41, 5.74) is 4.24. The molecule has 9 nitrogen and oxygen atoms in total. The molecule has 1 fully saturated rings. The van der Waals surface area contributed by atoms with E-state index in [0.29, 0.717) is 53.7 Å². The maximum Gasteiger partial charge on any atom is 0.240 e. The van der Waals surface area contributed by atoms with E-state index in [0.717, 1.165) is 42.8 Å². The Morgan fingerprint density at radius 3 is 2.29 bits per heavy atom. The lowest BCUT2D eigenvalue weighted by Gasteiger charge is -2.28. The molecule has 0 saturated carbocycles. The van der Waals surface area contributed by atoms with Crippen LogP contribution in [-0.4, -0.2) is 79.6 Å². The van der Waals surface area contributed by atoms with E-state index in [1.165, 1.54) is 0 Å². The number of rotatable bonds is 10. The van der Waals surface area contributed by atoms with Gasteiger partial charge in [0.25, 0.3) is 0 Å². The molecule has 41 heavy (non-hydrogen) atoms. The van der Waals surface area contributed by atoms with Crippen LogP contribution in [0.5, 0.6) is 17.4 Å². The van der Waals surface area contributed by atoms with E-state index in [1.54, 1.807) is 11.9 Å². The van der Waals surface area contributed by atoms with Crippen molar-refractivity contribution in [2.45, 2.75) is 13.8 Å². The Morgan fingerprint density at radius 1 is 0.976 bits per heavy atom. The summed E-state index contributed by atoms with van der Waals surface area (Å²) in [6.07, 6.45) is 0. The van der Waals surface area contributed by atoms with Crippen LogP contribution in [0, 0.1) is 0 Å². The van der Waals surface area contributed by atoms with Crippen molar-refractivity contribution in [3.63, 3.8) is 0 Å². The van der Waals surface area contributed by atoms with Crippen LogP contribution in [0.4, 0.5) is 11.4 Å². The smallest absolute Gasteiger partial charge is 0.240 e. The van der Waals surface area contributed by atoms with E-state index in [4.69, 9.17) is 14.5 Å². The number of anilines is 1. The van der Waals surface area contributed by atoms with Crippen molar-refractivity contribution in [2.24, 2.45) is 4.99 Å². The number of amides is 1. The first-order valence-electron chi connectivity index (χ1n) is 14.1. The van der Waals surface area contributed by atoms with Crippen LogP contribution in [0.15, 0.2) is 71.7 Å². The number of H-pyrrole nitrogens is 1. The van der Waals surface area contributed by atoms with Crippen LogP contribution in [0.3, 0.4) is 0 Å². The number of hydrogen-bond donors (Lipinski definition) is 3. The number of carbonyl (C=O) groups is 1. The van der Waals surface area contributed by atoms with Crippen molar-refractivity contribution < 1.29 is 19.4 Å². The van der Waals surface area contributed by atoms with Gasteiger partial charge in [0.15, 0.2) is 17.4 Å². The number of carbonyl (C=O) groups excluding carboxylic acids is 1. The monoisotopic (exact) mass is 555 g/mol. The van der Waals surface area contributed by atoms with Gasteiger partial charge < -0.3 is 29.8 Å². The third kappa shape index (κ3) is 6.37. The molecule has 1 aliphatic rings. The predicted octanol–water partition coefficient (Wildman–Crippen LogP) is 4.71. The molecule has 1 aliphatic heterocycles. The zero-order valence-corrected chi connectivity index (χ0v) is 23.8. The summed E-state index contributed by atoms with van der Waals surface area (Å²) in [5.74, 6) is 1.27. The van der Waals surface area contributed by atoms with E-state index in [9.17, 15) is 9.90 Å². The molecule has 4 aromatic rings. The van der Waals surface area contributed by atoms with Gasteiger partial charge in [-0.05, 0) is 44.2 Å². The molecule has 0 spiro atoms. The van der Waals surface area contributed by atoms with Gasteiger partial charge in [0.05, 0.1) is 42.2 Å². The zero-order chi connectivity index (χ0) is 28.8. The summed E-state index contributed by atoms with van der Waals surface area (Å²) in [4.78, 5) is 24.8. The van der Waals surface area contributed by atoms with Gasteiger partial charge in [0.1, 0.15) is 0 Å². The van der Waals surface area contributed by atoms with Crippen LogP contribution in [-0.2, 0) is 4.79 Å². The summed E-state index contributed by atoms with van der Waals surface area (Å²) >= 11 is 0. The topological polar surface area (TPSA) is 102 Å². The van der Waals surface area contributed by atoms with Gasteiger partial charge in [-0.1, -0.05) is 30.3 Å². The Hall–Kier alpha value is -4.34. The fraction of sp³-hybridized carbons (Fsp3) is 0.312. The highest BCUT2D eigenvalue weighted by Gasteiger charge is 2.22. The van der Waals surface area contributed by atoms with Crippen LogP contribution in [0.25, 0.3) is 10.9 Å². The van der Waals surface area contributed by atoms with E-state index in [1.807, 2.05) is 80.6 Å². The van der Waals surface area contributed by atoms with Crippen molar-refractivity contribution in [3.8, 4) is 17.4 Å². The minimum Gasteiger partial charge on any atom is -0.494 e. The summed E-state index contributed by atoms with van der Waals surface area (Å²) in [7, 11) is 1.80. The lowest BCUT2D eigenvalue weighted by molar-refractivity contribution is -0.119. The van der Waals surface area contributed by atoms with Crippen molar-refractivity contribution >= 4 is 33.9 Å². The maximum atomic E-state index is 12.9. The highest BCUT2D eigenvalue weighted by atomic mass is 16.5. The molecule has 0 radical (unpaired) electrons. The molecule has 1 saturated heterocycles. The average molecular weight is 556 g/mol. The molecule has 0 atom stereocenters. The molecule has 214 valence electrons. The molecule has 0 unspecified atom stereocenters. The first-order chi connectivity index (χ1) is 20.0. The molecular weight excluding hydrogens is 518 g/mol. The molecule has 1 aromatic heterocycles. The van der Waals surface area contributed by atoms with Gasteiger partial charge in [0.2, 0.25) is 5.91 Å². The number of benzene rings is 3. The highest BCUT2D eigenvalue weighted by molar-refractivity contribution is 6.22. The van der Waals surface area contributed by atoms with Gasteiger partial charge in [0, 0.05) is 55.9 Å². The predicted molar refractivity (Wildman–Crippen MR) is 163 cm³/mol. The van der Waals surface area contributed by atoms with Crippen LogP contribution >= 0.6 is 0 Å². The van der Waals surface area contributed by atoms with Crippen LogP contribution in [0.1, 0.15) is 25.0 Å². The number of fused-ring (bicyclic) bond motifs is 1. The SMILES string of the molecule is CCOc1cc2[nH]c(O)c(C(=Nc3ccc(N(C)C(=O)CN4CCNCC4)cc3)c3ccccc3)c2cc1OCC. The second-order valence-electron chi connectivity index (χ2n) is 9.88. The molecular formula is C32H37N5O4. The fourth-order valence-corrected chi connectivity index (χ4v) is 5.02. The Kier molecular flexibility index (Phi) is 8.86. The lowest BCUT2D eigenvalue weighted by atomic mass is 10.0. The van der Waals surface area contributed by atoms with Crippen molar-refractivity contribution in [3.05, 3.63) is 77.9 Å². The van der Waals surface area contributed by atoms with Crippen molar-refractivity contribution in [2.75, 3.05) is 57.9 Å². The number of nitrogens with zero attached hydrogens (tertiary/aromatic N) is 3. The molecule has 0 bridgehead atoms. The van der Waals surface area contributed by atoms with E-state index < -0.39 is 0 Å². The number of aromatic amines is 1. The second-order valence-corrected chi connectivity index (χ2v) is 9.88. The molecule has 3 N–H and O–H groups in total. The normalized spacial score (nSPS) is 14.3. The summed E-state index contributed by atoms with van der Waals surface area (Å²) in [5, 5.41) is 15.2. The maximum absolute atomic E-state index is 12.9. The minimum absolute atomic E-state index is 0.00793. The number of hydrogen-bond acceptors (Lipinski definition) is 7. The Labute approximate surface area is 240 Å². The summed E-state index contributed by atoms with van der Waals surface area (Å²) < 4.78 is 11.7. The lowest BCUT2D eigenvalue weighted by Crippen LogP contribution is -2.47. The molecule has 5 rings (SSSR count). The van der Waals surface area contributed by atoms with E-state index >= 15 is 0 Å². The largest absolute Gasteiger partial charge is 0.494 e. The van der Waals surface area contributed by atoms with Gasteiger partial charge in [-0.15, -0.1) is 0 Å². The summed E-state index contributed by atoms with van der Waals surface area (Å²) in [6.45, 7) is 8.76. The third-order valence-corrected chi connectivity index (χ3v) is 7.15. The number of likely N-dealkylation sites (N-methyl/N-ethyl adjacent to an activating group) is 1. The number of ether oxygens (including phenoxy) is 2. The zero-order valence-electron chi connectivity index (χ0n) is 23.8. The molecule has 9 heteroatoms. The number of aromatic hydroxyl groups is 1. The number of nitrogens with one attached hydrogen (secondary N) is 2. The van der Waals surface area contributed by atoms with E-state index in [-0.39, 0.29) is 11.8 Å². The van der Waals surface area contributed by atoms with E-state index in [2.05, 4.69) is 15.2 Å². The molecule has 3 aromatic carbocycles. The van der Waals surface area contributed by atoms with Crippen molar-refractivity contribution in [1.82, 2.24) is 15.2 Å². The summed E-state index contributed by atoms with van der Waals surface area (Å²) in [6, 6.07) is 21.1. The van der Waals surface area contributed by atoms with Gasteiger partial charge in [-0.25, -0.2) is 4.99 Å². The van der Waals surface area contributed by atoms with Crippen LogP contribution in [0.2, 0.25) is 0 Å². The van der Waals surface area contributed by atoms with Crippen LogP contribution < -0.4 is 19.7 Å². The van der Waals surface area contributed by atoms with Gasteiger partial charge in [-0.2, -0.15) is 0 Å². The van der Waals surface area contributed by atoms with Crippen molar-refractivity contribution in [1.29, 1.82) is 0 Å². The Morgan fingerprint density at radius 2 is 1.63 bits per heavy atom. The molecule has 2 heterocycles. The first-order valence-corrected chi connectivity index (χ1v) is 14.1. The van der Waals surface area contributed by atoms with Gasteiger partial charge in [-0.3, -0.25) is 9.69 Å². The molecule has 1 amide bonds. The number of aliphatic imine (C=N–C) groups is 1. The average Bonchev–Trinajstić information content (AvgIpc) is 3.31.